The number of carboxylic acid groups (broad SMARTS) is 1. The Balaban J connectivity index is 2.22. The molecule has 1 aromatic carbocycles. The molecule has 1 fully saturated rings. The van der Waals surface area contributed by atoms with Gasteiger partial charge >= 0.3 is 5.97 Å². The minimum absolute atomic E-state index is 0.623. The molecule has 3 nitrogen and oxygen atoms in total. The third-order valence-corrected chi connectivity index (χ3v) is 5.13. The van der Waals surface area contributed by atoms with Crippen LogP contribution in [0.3, 0.4) is 0 Å². The van der Waals surface area contributed by atoms with Crippen LogP contribution in [0.4, 0.5) is 5.69 Å². The van der Waals surface area contributed by atoms with E-state index in [1.165, 1.54) is 6.42 Å². The molecule has 110 valence electrons. The van der Waals surface area contributed by atoms with Crippen LogP contribution in [0.5, 0.6) is 0 Å². The molecule has 0 atom stereocenters. The molecule has 0 radical (unpaired) electrons. The molecule has 20 heavy (non-hydrogen) atoms. The van der Waals surface area contributed by atoms with Crippen molar-refractivity contribution in [3.63, 3.8) is 0 Å². The molecule has 1 saturated carbocycles. The zero-order chi connectivity index (χ0) is 14.6. The minimum atomic E-state index is -0.853. The van der Waals surface area contributed by atoms with E-state index in [1.54, 1.807) is 6.07 Å². The number of carboxylic acids is 1. The number of aliphatic carboxylic acids is 1. The summed E-state index contributed by atoms with van der Waals surface area (Å²) in [5, 5.41) is 13.6. The van der Waals surface area contributed by atoms with Crippen LogP contribution in [0, 0.1) is 0 Å². The van der Waals surface area contributed by atoms with Crippen LogP contribution in [-0.2, 0) is 4.79 Å². The van der Waals surface area contributed by atoms with Gasteiger partial charge in [-0.15, -0.1) is 0 Å². The van der Waals surface area contributed by atoms with Crippen molar-refractivity contribution >= 4 is 39.2 Å². The Morgan fingerprint density at radius 3 is 2.35 bits per heavy atom. The largest absolute Gasteiger partial charge is 0.480 e. The smallest absolute Gasteiger partial charge is 0.329 e. The van der Waals surface area contributed by atoms with Crippen molar-refractivity contribution in [1.29, 1.82) is 0 Å². The predicted octanol–water partition coefficient (Wildman–Crippen LogP) is 5.08. The molecule has 0 heterocycles. The summed E-state index contributed by atoms with van der Waals surface area (Å²) in [5.74, 6) is -0.759. The van der Waals surface area contributed by atoms with Crippen molar-refractivity contribution < 1.29 is 9.90 Å². The highest BCUT2D eigenvalue weighted by Crippen LogP contribution is 2.32. The van der Waals surface area contributed by atoms with Crippen molar-refractivity contribution in [2.45, 2.75) is 50.5 Å². The summed E-state index contributed by atoms with van der Waals surface area (Å²) in [7, 11) is 0. The molecular formula is C15H19BrClNO2. The average molecular weight is 361 g/mol. The quantitative estimate of drug-likeness (QED) is 0.790. The van der Waals surface area contributed by atoms with Gasteiger partial charge in [0.25, 0.3) is 0 Å². The first-order valence-electron chi connectivity index (χ1n) is 7.00. The Labute approximate surface area is 132 Å². The fraction of sp³-hybridized carbons (Fsp3) is 0.533. The second-order valence-corrected chi connectivity index (χ2v) is 6.67. The molecule has 0 aliphatic heterocycles. The van der Waals surface area contributed by atoms with Crippen molar-refractivity contribution in [3.8, 4) is 0 Å². The highest BCUT2D eigenvalue weighted by molar-refractivity contribution is 9.10. The lowest BCUT2D eigenvalue weighted by Crippen LogP contribution is -2.46. The van der Waals surface area contributed by atoms with Gasteiger partial charge in [0, 0.05) is 10.2 Å². The van der Waals surface area contributed by atoms with E-state index in [0.29, 0.717) is 17.9 Å². The Hall–Kier alpha value is -0.740. The lowest BCUT2D eigenvalue weighted by Gasteiger charge is -2.33. The first-order chi connectivity index (χ1) is 9.53. The van der Waals surface area contributed by atoms with Gasteiger partial charge in [-0.2, -0.15) is 0 Å². The zero-order valence-corrected chi connectivity index (χ0v) is 13.6. The summed E-state index contributed by atoms with van der Waals surface area (Å²) in [4.78, 5) is 11.8. The summed E-state index contributed by atoms with van der Waals surface area (Å²) >= 11 is 9.35. The second-order valence-electron chi connectivity index (χ2n) is 5.41. The molecule has 0 bridgehead atoms. The maximum absolute atomic E-state index is 11.8. The predicted molar refractivity (Wildman–Crippen MR) is 85.5 cm³/mol. The summed E-state index contributed by atoms with van der Waals surface area (Å²) in [6.45, 7) is 0. The fourth-order valence-corrected chi connectivity index (χ4v) is 3.25. The third kappa shape index (κ3) is 3.67. The van der Waals surface area contributed by atoms with Gasteiger partial charge in [0.2, 0.25) is 0 Å². The van der Waals surface area contributed by atoms with Gasteiger partial charge in [-0.3, -0.25) is 0 Å². The molecule has 0 unspecified atom stereocenters. The van der Waals surface area contributed by atoms with Gasteiger partial charge < -0.3 is 10.4 Å². The molecule has 1 aromatic rings. The molecule has 2 rings (SSSR count). The summed E-state index contributed by atoms with van der Waals surface area (Å²) < 4.78 is 0.774. The van der Waals surface area contributed by atoms with Crippen LogP contribution in [-0.4, -0.2) is 16.6 Å². The Kier molecular flexibility index (Phi) is 5.33. The topological polar surface area (TPSA) is 49.3 Å². The standard InChI is InChI=1S/C15H19BrClNO2/c16-12-10-11(6-7-13(12)17)18-15(14(19)20)8-4-2-1-3-5-9-15/h6-7,10,18H,1-5,8-9H2,(H,19,20). The van der Waals surface area contributed by atoms with Crippen molar-refractivity contribution in [2.75, 3.05) is 5.32 Å². The van der Waals surface area contributed by atoms with Crippen LogP contribution in [0.25, 0.3) is 0 Å². The first-order valence-corrected chi connectivity index (χ1v) is 8.17. The lowest BCUT2D eigenvalue weighted by atomic mass is 9.83. The van der Waals surface area contributed by atoms with Gasteiger partial charge in [-0.25, -0.2) is 4.79 Å². The lowest BCUT2D eigenvalue weighted by molar-refractivity contribution is -0.143. The van der Waals surface area contributed by atoms with E-state index >= 15 is 0 Å². The number of benzene rings is 1. The van der Waals surface area contributed by atoms with E-state index < -0.39 is 11.5 Å². The van der Waals surface area contributed by atoms with Crippen molar-refractivity contribution in [3.05, 3.63) is 27.7 Å². The number of nitrogens with one attached hydrogen (secondary N) is 1. The zero-order valence-electron chi connectivity index (χ0n) is 11.3. The number of hydrogen-bond donors (Lipinski definition) is 2. The van der Waals surface area contributed by atoms with E-state index in [1.807, 2.05) is 12.1 Å². The summed E-state index contributed by atoms with van der Waals surface area (Å²) in [6.07, 6.45) is 6.68. The number of anilines is 1. The molecule has 0 amide bonds. The van der Waals surface area contributed by atoms with Crippen molar-refractivity contribution in [1.82, 2.24) is 0 Å². The third-order valence-electron chi connectivity index (χ3n) is 3.92. The highest BCUT2D eigenvalue weighted by atomic mass is 79.9. The maximum atomic E-state index is 11.8. The molecule has 0 aromatic heterocycles. The van der Waals surface area contributed by atoms with E-state index in [-0.39, 0.29) is 0 Å². The Morgan fingerprint density at radius 2 is 1.80 bits per heavy atom. The molecule has 1 aliphatic carbocycles. The molecular weight excluding hydrogens is 342 g/mol. The van der Waals surface area contributed by atoms with Crippen LogP contribution in [0.2, 0.25) is 5.02 Å². The SMILES string of the molecule is O=C(O)C1(Nc2ccc(Cl)c(Br)c2)CCCCCCC1. The van der Waals surface area contributed by atoms with Gasteiger partial charge in [0.1, 0.15) is 5.54 Å². The van der Waals surface area contributed by atoms with Gasteiger partial charge in [0.15, 0.2) is 0 Å². The van der Waals surface area contributed by atoms with Crippen molar-refractivity contribution in [2.24, 2.45) is 0 Å². The monoisotopic (exact) mass is 359 g/mol. The van der Waals surface area contributed by atoms with E-state index in [0.717, 1.165) is 35.8 Å². The van der Waals surface area contributed by atoms with Crippen LogP contribution in [0.1, 0.15) is 44.9 Å². The van der Waals surface area contributed by atoms with Crippen LogP contribution in [0.15, 0.2) is 22.7 Å². The summed E-state index contributed by atoms with van der Waals surface area (Å²) in [6, 6.07) is 5.44. The highest BCUT2D eigenvalue weighted by Gasteiger charge is 2.38. The van der Waals surface area contributed by atoms with Crippen LogP contribution >= 0.6 is 27.5 Å². The number of rotatable bonds is 3. The van der Waals surface area contributed by atoms with E-state index in [4.69, 9.17) is 11.6 Å². The fourth-order valence-electron chi connectivity index (χ4n) is 2.75. The number of halogens is 2. The molecule has 0 saturated heterocycles. The van der Waals surface area contributed by atoms with E-state index in [2.05, 4.69) is 21.2 Å². The maximum Gasteiger partial charge on any atom is 0.329 e. The number of carbonyl (C=O) groups is 1. The minimum Gasteiger partial charge on any atom is -0.480 e. The second kappa shape index (κ2) is 6.81. The average Bonchev–Trinajstić information content (AvgIpc) is 2.37. The normalized spacial score (nSPS) is 18.9. The van der Waals surface area contributed by atoms with Crippen LogP contribution < -0.4 is 5.32 Å². The van der Waals surface area contributed by atoms with Gasteiger partial charge in [-0.05, 0) is 47.0 Å². The Bertz CT molecular complexity index is 485. The van der Waals surface area contributed by atoms with Gasteiger partial charge in [-0.1, -0.05) is 43.7 Å². The molecule has 2 N–H and O–H groups in total. The first kappa shape index (κ1) is 15.6. The molecule has 5 heteroatoms. The number of hydrogen-bond acceptors (Lipinski definition) is 2. The van der Waals surface area contributed by atoms with Gasteiger partial charge in [0.05, 0.1) is 5.02 Å². The summed E-state index contributed by atoms with van der Waals surface area (Å²) in [5.41, 5.74) is -0.0579. The molecule has 0 spiro atoms. The Morgan fingerprint density at radius 1 is 1.20 bits per heavy atom. The van der Waals surface area contributed by atoms with E-state index in [9.17, 15) is 9.90 Å². The molecule has 1 aliphatic rings.